The molecule has 1 fully saturated rings. The van der Waals surface area contributed by atoms with Crippen molar-refractivity contribution >= 4 is 22.4 Å². The first kappa shape index (κ1) is 17.4. The summed E-state index contributed by atoms with van der Waals surface area (Å²) in [5.74, 6) is 0.480. The van der Waals surface area contributed by atoms with Crippen LogP contribution in [0.15, 0.2) is 53.6 Å². The van der Waals surface area contributed by atoms with Crippen LogP contribution in [0.2, 0.25) is 0 Å². The average Bonchev–Trinajstić information content (AvgIpc) is 3.43. The minimum atomic E-state index is -0.338. The summed E-state index contributed by atoms with van der Waals surface area (Å²) in [5, 5.41) is 18.0. The van der Waals surface area contributed by atoms with Crippen molar-refractivity contribution in [3.8, 4) is 6.07 Å². The summed E-state index contributed by atoms with van der Waals surface area (Å²) in [6.45, 7) is 1.76. The Balaban J connectivity index is 1.83. The molecular weight excluding hydrogens is 366 g/mol. The summed E-state index contributed by atoms with van der Waals surface area (Å²) in [6.07, 6.45) is 3.43. The van der Waals surface area contributed by atoms with Gasteiger partial charge in [-0.25, -0.2) is 0 Å². The smallest absolute Gasteiger partial charge is 0.264 e. The maximum absolute atomic E-state index is 13.6. The minimum Gasteiger partial charge on any atom is -0.399 e. The van der Waals surface area contributed by atoms with Gasteiger partial charge in [-0.3, -0.25) is 18.7 Å². The van der Waals surface area contributed by atoms with Gasteiger partial charge in [-0.15, -0.1) is 10.2 Å². The van der Waals surface area contributed by atoms with Gasteiger partial charge in [-0.05, 0) is 48.7 Å². The number of likely N-dealkylation sites (tertiary alicyclic amines) is 1. The van der Waals surface area contributed by atoms with Crippen LogP contribution < -0.4 is 11.3 Å². The van der Waals surface area contributed by atoms with Crippen molar-refractivity contribution in [2.45, 2.75) is 19.0 Å². The molecule has 0 amide bonds. The number of rotatable bonds is 3. The Morgan fingerprint density at radius 2 is 1.86 bits per heavy atom. The zero-order valence-corrected chi connectivity index (χ0v) is 15.7. The second-order valence-electron chi connectivity index (χ2n) is 7.30. The van der Waals surface area contributed by atoms with Crippen LogP contribution >= 0.6 is 0 Å². The summed E-state index contributed by atoms with van der Waals surface area (Å²) in [5.41, 5.74) is 8.59. The van der Waals surface area contributed by atoms with Crippen LogP contribution in [-0.4, -0.2) is 37.2 Å². The lowest BCUT2D eigenvalue weighted by molar-refractivity contribution is 0.213. The first-order chi connectivity index (χ1) is 14.2. The average molecular weight is 385 g/mol. The molecule has 1 atom stereocenters. The number of benzene rings is 2. The van der Waals surface area contributed by atoms with E-state index in [1.54, 1.807) is 35.2 Å². The largest absolute Gasteiger partial charge is 0.399 e. The number of nitrogens with two attached hydrogens (primary N) is 1. The van der Waals surface area contributed by atoms with Gasteiger partial charge in [0.25, 0.3) is 5.56 Å². The van der Waals surface area contributed by atoms with Crippen LogP contribution in [0, 0.1) is 11.3 Å². The van der Waals surface area contributed by atoms with Gasteiger partial charge in [-0.2, -0.15) is 5.26 Å². The molecule has 3 heterocycles. The topological polar surface area (TPSA) is 105 Å². The van der Waals surface area contributed by atoms with Gasteiger partial charge < -0.3 is 5.73 Å². The number of hydrogen-bond acceptors (Lipinski definition) is 6. The molecule has 2 aromatic heterocycles. The Morgan fingerprint density at radius 1 is 1.10 bits per heavy atom. The minimum absolute atomic E-state index is 0.158. The van der Waals surface area contributed by atoms with Crippen LogP contribution in [0.25, 0.3) is 16.7 Å². The lowest BCUT2D eigenvalue weighted by atomic mass is 10.1. The van der Waals surface area contributed by atoms with Crippen LogP contribution in [0.3, 0.4) is 0 Å². The second-order valence-corrected chi connectivity index (χ2v) is 7.30. The van der Waals surface area contributed by atoms with Gasteiger partial charge in [0, 0.05) is 18.8 Å². The number of anilines is 1. The fourth-order valence-corrected chi connectivity index (χ4v) is 4.18. The van der Waals surface area contributed by atoms with Crippen LogP contribution in [0.1, 0.15) is 30.1 Å². The van der Waals surface area contributed by atoms with Crippen molar-refractivity contribution < 1.29 is 0 Å². The van der Waals surface area contributed by atoms with Gasteiger partial charge in [0.1, 0.15) is 12.5 Å². The number of hydrogen-bond donors (Lipinski definition) is 1. The van der Waals surface area contributed by atoms with E-state index >= 15 is 0 Å². The first-order valence-corrected chi connectivity index (χ1v) is 9.55. The van der Waals surface area contributed by atoms with Gasteiger partial charge in [0.15, 0.2) is 0 Å². The highest BCUT2D eigenvalue weighted by Gasteiger charge is 2.29. The Kier molecular flexibility index (Phi) is 4.03. The monoisotopic (exact) mass is 385 g/mol. The predicted octanol–water partition coefficient (Wildman–Crippen LogP) is 2.14. The van der Waals surface area contributed by atoms with E-state index in [0.717, 1.165) is 37.0 Å². The summed E-state index contributed by atoms with van der Waals surface area (Å²) >= 11 is 0. The number of nitrogen functional groups attached to an aromatic ring is 1. The van der Waals surface area contributed by atoms with Crippen molar-refractivity contribution in [2.75, 3.05) is 18.8 Å². The third-order valence-corrected chi connectivity index (χ3v) is 5.54. The highest BCUT2D eigenvalue weighted by molar-refractivity contribution is 5.83. The summed E-state index contributed by atoms with van der Waals surface area (Å²) in [6, 6.07) is 14.8. The molecule has 0 spiro atoms. The Morgan fingerprint density at radius 3 is 2.59 bits per heavy atom. The van der Waals surface area contributed by atoms with E-state index in [9.17, 15) is 4.79 Å². The van der Waals surface area contributed by atoms with Crippen molar-refractivity contribution in [2.24, 2.45) is 0 Å². The molecule has 29 heavy (non-hydrogen) atoms. The molecule has 0 saturated carbocycles. The van der Waals surface area contributed by atoms with Crippen LogP contribution in [-0.2, 0) is 0 Å². The molecule has 2 aromatic carbocycles. The SMILES string of the molecule is N#Cc1ccc(C(N2CCCC2)n2c(=O)c3cc(N)ccc3n3cnnc23)cc1. The molecule has 1 unspecified atom stereocenters. The number of nitriles is 1. The molecule has 0 radical (unpaired) electrons. The standard InChI is InChI=1S/C21H19N7O/c22-12-14-3-5-15(6-4-14)19(26-9-1-2-10-26)28-20(29)17-11-16(23)7-8-18(17)27-13-24-25-21(27)28/h3-8,11,13,19H,1-2,9-10,23H2. The molecule has 1 aliphatic heterocycles. The Labute approximate surface area is 166 Å². The quantitative estimate of drug-likeness (QED) is 0.542. The molecule has 0 aliphatic carbocycles. The molecule has 0 bridgehead atoms. The van der Waals surface area contributed by atoms with E-state index in [0.29, 0.717) is 22.4 Å². The summed E-state index contributed by atoms with van der Waals surface area (Å²) in [7, 11) is 0. The maximum Gasteiger partial charge on any atom is 0.264 e. The van der Waals surface area contributed by atoms with E-state index in [1.165, 1.54) is 0 Å². The Hall–Kier alpha value is -3.70. The van der Waals surface area contributed by atoms with Gasteiger partial charge in [0.2, 0.25) is 5.78 Å². The second kappa shape index (κ2) is 6.72. The molecule has 8 heteroatoms. The zero-order valence-electron chi connectivity index (χ0n) is 15.7. The lowest BCUT2D eigenvalue weighted by Gasteiger charge is -2.30. The molecule has 2 N–H and O–H groups in total. The molecule has 5 rings (SSSR count). The first-order valence-electron chi connectivity index (χ1n) is 9.55. The lowest BCUT2D eigenvalue weighted by Crippen LogP contribution is -2.38. The van der Waals surface area contributed by atoms with Crippen molar-refractivity contribution in [1.82, 2.24) is 24.1 Å². The molecule has 144 valence electrons. The molecule has 1 aliphatic rings. The van der Waals surface area contributed by atoms with E-state index < -0.39 is 0 Å². The number of nitrogens with zero attached hydrogens (tertiary/aromatic N) is 6. The van der Waals surface area contributed by atoms with Crippen LogP contribution in [0.4, 0.5) is 5.69 Å². The van der Waals surface area contributed by atoms with E-state index in [4.69, 9.17) is 11.0 Å². The third kappa shape index (κ3) is 2.75. The van der Waals surface area contributed by atoms with Gasteiger partial charge >= 0.3 is 0 Å². The van der Waals surface area contributed by atoms with Crippen molar-refractivity contribution in [3.05, 3.63) is 70.3 Å². The fourth-order valence-electron chi connectivity index (χ4n) is 4.18. The third-order valence-electron chi connectivity index (χ3n) is 5.54. The maximum atomic E-state index is 13.6. The summed E-state index contributed by atoms with van der Waals surface area (Å²) < 4.78 is 3.52. The molecule has 1 saturated heterocycles. The van der Waals surface area contributed by atoms with Crippen molar-refractivity contribution in [1.29, 1.82) is 5.26 Å². The fraction of sp³-hybridized carbons (Fsp3) is 0.238. The zero-order chi connectivity index (χ0) is 20.0. The van der Waals surface area contributed by atoms with E-state index in [1.807, 2.05) is 22.6 Å². The number of aromatic nitrogens is 4. The van der Waals surface area contributed by atoms with Crippen molar-refractivity contribution in [3.63, 3.8) is 0 Å². The van der Waals surface area contributed by atoms with Crippen LogP contribution in [0.5, 0.6) is 0 Å². The van der Waals surface area contributed by atoms with E-state index in [-0.39, 0.29) is 11.7 Å². The van der Waals surface area contributed by atoms with Gasteiger partial charge in [0.05, 0.1) is 22.5 Å². The highest BCUT2D eigenvalue weighted by Crippen LogP contribution is 2.28. The van der Waals surface area contributed by atoms with E-state index in [2.05, 4.69) is 21.2 Å². The van der Waals surface area contributed by atoms with Gasteiger partial charge in [-0.1, -0.05) is 12.1 Å². The normalized spacial score (nSPS) is 15.7. The highest BCUT2D eigenvalue weighted by atomic mass is 16.1. The summed E-state index contributed by atoms with van der Waals surface area (Å²) in [4.78, 5) is 15.9. The Bertz CT molecular complexity index is 1310. The molecule has 8 nitrogen and oxygen atoms in total. The molecule has 4 aromatic rings. The number of fused-ring (bicyclic) bond motifs is 3. The predicted molar refractivity (Wildman–Crippen MR) is 109 cm³/mol. The molecular formula is C21H19N7O.